The average Bonchev–Trinajstić information content (AvgIpc) is 2.42. The number of sulfonamides is 1. The molecule has 1 N–H and O–H groups in total. The Bertz CT molecular complexity index is 559. The molecule has 0 fully saturated rings. The van der Waals surface area contributed by atoms with E-state index in [-0.39, 0.29) is 4.90 Å². The minimum atomic E-state index is -3.49. The summed E-state index contributed by atoms with van der Waals surface area (Å²) in [5, 5.41) is 0. The molecule has 0 spiro atoms. The van der Waals surface area contributed by atoms with Crippen molar-refractivity contribution in [3.8, 4) is 5.75 Å². The van der Waals surface area contributed by atoms with Gasteiger partial charge in [-0.3, -0.25) is 0 Å². The van der Waals surface area contributed by atoms with Crippen LogP contribution in [-0.2, 0) is 14.8 Å². The van der Waals surface area contributed by atoms with Crippen LogP contribution in [-0.4, -0.2) is 35.3 Å². The quantitative estimate of drug-likeness (QED) is 0.707. The predicted molar refractivity (Wildman–Crippen MR) is 87.9 cm³/mol. The number of ether oxygens (including phenoxy) is 2. The molecule has 6 heteroatoms. The van der Waals surface area contributed by atoms with Crippen LogP contribution in [0.25, 0.3) is 0 Å². The fraction of sp³-hybridized carbons (Fsp3) is 0.625. The SMILES string of the molecule is COc1c(C)cc(S(=O)(=O)NCCCOCC(C)C)cc1C. The van der Waals surface area contributed by atoms with E-state index in [0.717, 1.165) is 16.9 Å². The lowest BCUT2D eigenvalue weighted by Crippen LogP contribution is -2.26. The van der Waals surface area contributed by atoms with E-state index < -0.39 is 10.0 Å². The molecule has 0 saturated carbocycles. The average molecular weight is 329 g/mol. The zero-order valence-corrected chi connectivity index (χ0v) is 14.9. The molecule has 1 aromatic rings. The summed E-state index contributed by atoms with van der Waals surface area (Å²) in [6.07, 6.45) is 0.653. The molecule has 0 saturated heterocycles. The van der Waals surface area contributed by atoms with E-state index >= 15 is 0 Å². The van der Waals surface area contributed by atoms with E-state index in [2.05, 4.69) is 18.6 Å². The van der Waals surface area contributed by atoms with Crippen molar-refractivity contribution < 1.29 is 17.9 Å². The zero-order valence-electron chi connectivity index (χ0n) is 14.1. The van der Waals surface area contributed by atoms with Gasteiger partial charge in [0, 0.05) is 19.8 Å². The van der Waals surface area contributed by atoms with Gasteiger partial charge in [0.15, 0.2) is 0 Å². The largest absolute Gasteiger partial charge is 0.496 e. The summed E-state index contributed by atoms with van der Waals surface area (Å²) < 4.78 is 37.9. The van der Waals surface area contributed by atoms with Gasteiger partial charge < -0.3 is 9.47 Å². The number of rotatable bonds is 9. The Morgan fingerprint density at radius 2 is 1.77 bits per heavy atom. The van der Waals surface area contributed by atoms with Gasteiger partial charge in [-0.15, -0.1) is 0 Å². The predicted octanol–water partition coefficient (Wildman–Crippen LogP) is 2.65. The number of hydrogen-bond acceptors (Lipinski definition) is 4. The van der Waals surface area contributed by atoms with Crippen LogP contribution in [0.5, 0.6) is 5.75 Å². The Balaban J connectivity index is 2.60. The van der Waals surface area contributed by atoms with Gasteiger partial charge in [-0.05, 0) is 49.4 Å². The first-order valence-corrected chi connectivity index (χ1v) is 8.99. The van der Waals surface area contributed by atoms with Crippen LogP contribution in [0.15, 0.2) is 17.0 Å². The van der Waals surface area contributed by atoms with Gasteiger partial charge in [-0.1, -0.05) is 13.8 Å². The molecular formula is C16H27NO4S. The summed E-state index contributed by atoms with van der Waals surface area (Å²) in [5.41, 5.74) is 1.62. The van der Waals surface area contributed by atoms with Crippen molar-refractivity contribution in [3.05, 3.63) is 23.3 Å². The van der Waals surface area contributed by atoms with Crippen molar-refractivity contribution in [3.63, 3.8) is 0 Å². The standard InChI is InChI=1S/C16H27NO4S/c1-12(2)11-21-8-6-7-17-22(18,19)15-9-13(3)16(20-5)14(4)10-15/h9-10,12,17H,6-8,11H2,1-5H3. The summed E-state index contributed by atoms with van der Waals surface area (Å²) in [6, 6.07) is 3.26. The molecule has 0 aromatic heterocycles. The molecule has 0 heterocycles. The molecule has 0 atom stereocenters. The lowest BCUT2D eigenvalue weighted by atomic mass is 10.1. The monoisotopic (exact) mass is 329 g/mol. The third kappa shape index (κ3) is 5.59. The lowest BCUT2D eigenvalue weighted by molar-refractivity contribution is 0.108. The highest BCUT2D eigenvalue weighted by Crippen LogP contribution is 2.26. The van der Waals surface area contributed by atoms with Crippen LogP contribution in [0, 0.1) is 19.8 Å². The summed E-state index contributed by atoms with van der Waals surface area (Å²) >= 11 is 0. The van der Waals surface area contributed by atoms with Crippen LogP contribution in [0.2, 0.25) is 0 Å². The van der Waals surface area contributed by atoms with E-state index in [1.807, 2.05) is 13.8 Å². The molecule has 1 aromatic carbocycles. The molecule has 0 unspecified atom stereocenters. The maximum atomic E-state index is 12.3. The molecule has 0 aliphatic heterocycles. The first kappa shape index (κ1) is 18.9. The topological polar surface area (TPSA) is 64.6 Å². The minimum absolute atomic E-state index is 0.270. The molecule has 22 heavy (non-hydrogen) atoms. The van der Waals surface area contributed by atoms with Crippen molar-refractivity contribution >= 4 is 10.0 Å². The van der Waals surface area contributed by atoms with Crippen LogP contribution >= 0.6 is 0 Å². The second-order valence-corrected chi connectivity index (χ2v) is 7.58. The summed E-state index contributed by atoms with van der Waals surface area (Å²) in [5.74, 6) is 1.21. The Morgan fingerprint density at radius 3 is 2.27 bits per heavy atom. The molecule has 0 aliphatic carbocycles. The van der Waals surface area contributed by atoms with Crippen molar-refractivity contribution in [1.29, 1.82) is 0 Å². The molecule has 0 bridgehead atoms. The van der Waals surface area contributed by atoms with Gasteiger partial charge in [0.05, 0.1) is 12.0 Å². The lowest BCUT2D eigenvalue weighted by Gasteiger charge is -2.12. The Hall–Kier alpha value is -1.11. The second-order valence-electron chi connectivity index (χ2n) is 5.81. The third-order valence-electron chi connectivity index (χ3n) is 3.16. The third-order valence-corrected chi connectivity index (χ3v) is 4.60. The zero-order chi connectivity index (χ0) is 16.8. The van der Waals surface area contributed by atoms with Crippen molar-refractivity contribution in [2.75, 3.05) is 26.9 Å². The van der Waals surface area contributed by atoms with E-state index in [1.165, 1.54) is 0 Å². The number of benzene rings is 1. The molecule has 0 aliphatic rings. The van der Waals surface area contributed by atoms with Gasteiger partial charge in [0.25, 0.3) is 0 Å². The van der Waals surface area contributed by atoms with E-state index in [0.29, 0.717) is 32.1 Å². The number of aryl methyl sites for hydroxylation is 2. The maximum Gasteiger partial charge on any atom is 0.240 e. The molecule has 126 valence electrons. The summed E-state index contributed by atoms with van der Waals surface area (Å²) in [6.45, 7) is 9.46. The molecule has 1 rings (SSSR count). The van der Waals surface area contributed by atoms with Gasteiger partial charge in [-0.25, -0.2) is 13.1 Å². The smallest absolute Gasteiger partial charge is 0.240 e. The number of hydrogen-bond donors (Lipinski definition) is 1. The van der Waals surface area contributed by atoms with Crippen LogP contribution in [0.1, 0.15) is 31.4 Å². The van der Waals surface area contributed by atoms with E-state index in [9.17, 15) is 8.42 Å². The highest BCUT2D eigenvalue weighted by molar-refractivity contribution is 7.89. The number of nitrogens with one attached hydrogen (secondary N) is 1. The maximum absolute atomic E-state index is 12.3. The molecular weight excluding hydrogens is 302 g/mol. The van der Waals surface area contributed by atoms with Crippen molar-refractivity contribution in [1.82, 2.24) is 4.72 Å². The van der Waals surface area contributed by atoms with E-state index in [4.69, 9.17) is 9.47 Å². The van der Waals surface area contributed by atoms with Crippen LogP contribution < -0.4 is 9.46 Å². The molecule has 0 amide bonds. The number of methoxy groups -OCH3 is 1. The minimum Gasteiger partial charge on any atom is -0.496 e. The van der Waals surface area contributed by atoms with Gasteiger partial charge >= 0.3 is 0 Å². The van der Waals surface area contributed by atoms with Crippen molar-refractivity contribution in [2.24, 2.45) is 5.92 Å². The second kappa shape index (κ2) is 8.50. The fourth-order valence-electron chi connectivity index (χ4n) is 2.17. The van der Waals surface area contributed by atoms with Gasteiger partial charge in [-0.2, -0.15) is 0 Å². The first-order valence-electron chi connectivity index (χ1n) is 7.50. The molecule has 5 nitrogen and oxygen atoms in total. The van der Waals surface area contributed by atoms with Crippen LogP contribution in [0.4, 0.5) is 0 Å². The molecule has 0 radical (unpaired) electrons. The Morgan fingerprint density at radius 1 is 1.18 bits per heavy atom. The normalized spacial score (nSPS) is 11.9. The van der Waals surface area contributed by atoms with Crippen molar-refractivity contribution in [2.45, 2.75) is 39.0 Å². The fourth-order valence-corrected chi connectivity index (χ4v) is 3.41. The Kier molecular flexibility index (Phi) is 7.32. The first-order chi connectivity index (χ1) is 10.3. The van der Waals surface area contributed by atoms with Gasteiger partial charge in [0.1, 0.15) is 5.75 Å². The van der Waals surface area contributed by atoms with Gasteiger partial charge in [0.2, 0.25) is 10.0 Å². The van der Waals surface area contributed by atoms with Crippen LogP contribution in [0.3, 0.4) is 0 Å². The summed E-state index contributed by atoms with van der Waals surface area (Å²) in [7, 11) is -1.91. The highest BCUT2D eigenvalue weighted by Gasteiger charge is 2.16. The Labute approximate surface area is 134 Å². The summed E-state index contributed by atoms with van der Waals surface area (Å²) in [4.78, 5) is 0.270. The van der Waals surface area contributed by atoms with E-state index in [1.54, 1.807) is 19.2 Å². The highest BCUT2D eigenvalue weighted by atomic mass is 32.2.